The van der Waals surface area contributed by atoms with Gasteiger partial charge >= 0.3 is 12.2 Å². The Hall–Kier alpha value is -2.02. The van der Waals surface area contributed by atoms with Crippen LogP contribution in [0.3, 0.4) is 0 Å². The van der Waals surface area contributed by atoms with Crippen molar-refractivity contribution in [2.45, 2.75) is 84.0 Å². The number of nitrogens with zero attached hydrogens (tertiary/aromatic N) is 2. The van der Waals surface area contributed by atoms with Crippen molar-refractivity contribution in [2.75, 3.05) is 0 Å². The van der Waals surface area contributed by atoms with Crippen LogP contribution in [0.2, 0.25) is 15.1 Å². The number of rotatable bonds is 3. The van der Waals surface area contributed by atoms with Gasteiger partial charge in [0.1, 0.15) is 6.61 Å². The Kier molecular flexibility index (Phi) is 7.33. The van der Waals surface area contributed by atoms with Crippen LogP contribution in [-0.4, -0.2) is 20.5 Å². The van der Waals surface area contributed by atoms with E-state index in [1.807, 2.05) is 30.3 Å². The van der Waals surface area contributed by atoms with Gasteiger partial charge in [-0.15, -0.1) is 0 Å². The van der Waals surface area contributed by atoms with Crippen molar-refractivity contribution in [1.82, 2.24) is 0 Å². The minimum atomic E-state index is -2.76. The summed E-state index contributed by atoms with van der Waals surface area (Å²) in [4.78, 5) is 24.3. The summed E-state index contributed by atoms with van der Waals surface area (Å²) >= 11 is 0. The van der Waals surface area contributed by atoms with Crippen LogP contribution >= 0.6 is 0 Å². The van der Waals surface area contributed by atoms with E-state index < -0.39 is 20.5 Å². The highest BCUT2D eigenvalue weighted by Crippen LogP contribution is 2.62. The Labute approximate surface area is 169 Å². The SMILES string of the molecule is CC(C)(C)[Si](OC(=O)/N=N/C(=O)OCc1ccccc1)(C(C)(C)C)C(C)(C)C. The summed E-state index contributed by atoms with van der Waals surface area (Å²) in [6.45, 7) is 18.9. The van der Waals surface area contributed by atoms with Gasteiger partial charge in [0.2, 0.25) is 0 Å². The van der Waals surface area contributed by atoms with Crippen molar-refractivity contribution in [3.63, 3.8) is 0 Å². The lowest BCUT2D eigenvalue weighted by Gasteiger charge is -2.56. The van der Waals surface area contributed by atoms with Crippen molar-refractivity contribution in [3.05, 3.63) is 35.9 Å². The van der Waals surface area contributed by atoms with Gasteiger partial charge in [-0.1, -0.05) is 103 Å². The molecule has 156 valence electrons. The Morgan fingerprint density at radius 3 is 1.64 bits per heavy atom. The first-order chi connectivity index (χ1) is 12.6. The molecule has 0 bridgehead atoms. The first-order valence-electron chi connectivity index (χ1n) is 9.47. The summed E-state index contributed by atoms with van der Waals surface area (Å²) in [6, 6.07) is 9.22. The van der Waals surface area contributed by atoms with Crippen molar-refractivity contribution in [1.29, 1.82) is 0 Å². The van der Waals surface area contributed by atoms with Crippen LogP contribution in [0.25, 0.3) is 0 Å². The van der Waals surface area contributed by atoms with E-state index in [0.29, 0.717) is 0 Å². The highest BCUT2D eigenvalue weighted by Gasteiger charge is 2.64. The molecule has 1 aromatic rings. The molecule has 7 heteroatoms. The normalized spacial score (nSPS) is 13.5. The predicted molar refractivity (Wildman–Crippen MR) is 113 cm³/mol. The Bertz CT molecular complexity index is 675. The van der Waals surface area contributed by atoms with Gasteiger partial charge < -0.3 is 9.16 Å². The van der Waals surface area contributed by atoms with E-state index in [9.17, 15) is 9.59 Å². The van der Waals surface area contributed by atoms with E-state index in [1.54, 1.807) is 0 Å². The van der Waals surface area contributed by atoms with E-state index >= 15 is 0 Å². The summed E-state index contributed by atoms with van der Waals surface area (Å²) < 4.78 is 11.1. The molecule has 0 saturated heterocycles. The number of hydrogen-bond acceptors (Lipinski definition) is 4. The molecule has 1 aromatic carbocycles. The molecular formula is C21H34N2O4Si. The third kappa shape index (κ3) is 5.50. The van der Waals surface area contributed by atoms with Crippen LogP contribution in [0.4, 0.5) is 9.59 Å². The van der Waals surface area contributed by atoms with Crippen LogP contribution in [0.1, 0.15) is 67.9 Å². The average Bonchev–Trinajstić information content (AvgIpc) is 2.53. The van der Waals surface area contributed by atoms with Crippen molar-refractivity contribution >= 4 is 20.5 Å². The second kappa shape index (κ2) is 8.55. The molecule has 0 heterocycles. The number of amides is 2. The molecule has 0 aliphatic carbocycles. The molecule has 0 radical (unpaired) electrons. The van der Waals surface area contributed by atoms with Gasteiger partial charge in [0.05, 0.1) is 0 Å². The van der Waals surface area contributed by atoms with Crippen molar-refractivity contribution in [2.24, 2.45) is 10.2 Å². The van der Waals surface area contributed by atoms with Crippen LogP contribution in [-0.2, 0) is 15.8 Å². The first-order valence-corrected chi connectivity index (χ1v) is 11.4. The first kappa shape index (κ1) is 24.0. The molecule has 0 aliphatic heterocycles. The third-order valence-corrected chi connectivity index (χ3v) is 11.6. The summed E-state index contributed by atoms with van der Waals surface area (Å²) in [5.74, 6) is 0. The zero-order valence-electron chi connectivity index (χ0n) is 18.6. The maximum absolute atomic E-state index is 12.5. The van der Waals surface area contributed by atoms with Crippen LogP contribution in [0.5, 0.6) is 0 Å². The molecule has 0 aromatic heterocycles. The second-order valence-electron chi connectivity index (χ2n) is 10.0. The zero-order valence-corrected chi connectivity index (χ0v) is 19.6. The minimum absolute atomic E-state index is 0.0679. The number of azo groups is 1. The molecule has 1 rings (SSSR count). The van der Waals surface area contributed by atoms with E-state index in [0.717, 1.165) is 5.56 Å². The highest BCUT2D eigenvalue weighted by atomic mass is 28.4. The lowest BCUT2D eigenvalue weighted by molar-refractivity contribution is 0.147. The lowest BCUT2D eigenvalue weighted by atomic mass is 10.2. The Morgan fingerprint density at radius 1 is 0.786 bits per heavy atom. The molecule has 2 amide bonds. The quantitative estimate of drug-likeness (QED) is 0.391. The molecule has 0 saturated carbocycles. The fourth-order valence-electron chi connectivity index (χ4n) is 4.82. The standard InChI is InChI=1S/C21H34N2O4Si/c1-19(2,3)28(20(4,5)6,21(7,8)9)27-18(25)23-22-17(24)26-15-16-13-11-10-12-14-16/h10-14H,15H2,1-9H3/b23-22+. The van der Waals surface area contributed by atoms with Gasteiger partial charge in [0, 0.05) is 0 Å². The maximum Gasteiger partial charge on any atom is 0.452 e. The zero-order chi connectivity index (χ0) is 21.8. The van der Waals surface area contributed by atoms with Crippen LogP contribution < -0.4 is 0 Å². The highest BCUT2D eigenvalue weighted by molar-refractivity contribution is 6.83. The van der Waals surface area contributed by atoms with Crippen molar-refractivity contribution in [3.8, 4) is 0 Å². The molecule has 0 spiro atoms. The molecule has 28 heavy (non-hydrogen) atoms. The van der Waals surface area contributed by atoms with Crippen molar-refractivity contribution < 1.29 is 18.8 Å². The maximum atomic E-state index is 12.5. The minimum Gasteiger partial charge on any atom is -0.499 e. The molecule has 6 nitrogen and oxygen atoms in total. The molecule has 0 N–H and O–H groups in total. The Morgan fingerprint density at radius 2 is 1.21 bits per heavy atom. The smallest absolute Gasteiger partial charge is 0.452 e. The Balaban J connectivity index is 2.94. The van der Waals surface area contributed by atoms with Gasteiger partial charge in [-0.2, -0.15) is 0 Å². The number of hydrogen-bond donors (Lipinski definition) is 0. The fraction of sp³-hybridized carbons (Fsp3) is 0.619. The van der Waals surface area contributed by atoms with Crippen LogP contribution in [0, 0.1) is 0 Å². The largest absolute Gasteiger partial charge is 0.499 e. The van der Waals surface area contributed by atoms with Gasteiger partial charge in [-0.3, -0.25) is 0 Å². The molecule has 0 aliphatic rings. The average molecular weight is 407 g/mol. The number of ether oxygens (including phenoxy) is 1. The van der Waals surface area contributed by atoms with E-state index in [-0.39, 0.29) is 21.7 Å². The molecule has 0 unspecified atom stereocenters. The van der Waals surface area contributed by atoms with Gasteiger partial charge in [0.15, 0.2) is 0 Å². The molecular weight excluding hydrogens is 372 g/mol. The second-order valence-corrected chi connectivity index (χ2v) is 16.1. The summed E-state index contributed by atoms with van der Waals surface area (Å²) in [7, 11) is -2.76. The van der Waals surface area contributed by atoms with E-state index in [1.165, 1.54) is 0 Å². The monoisotopic (exact) mass is 406 g/mol. The lowest BCUT2D eigenvalue weighted by Crippen LogP contribution is -2.61. The van der Waals surface area contributed by atoms with E-state index in [4.69, 9.17) is 9.16 Å². The summed E-state index contributed by atoms with van der Waals surface area (Å²) in [6.07, 6.45) is -1.77. The molecule has 0 fully saturated rings. The van der Waals surface area contributed by atoms with E-state index in [2.05, 4.69) is 72.5 Å². The van der Waals surface area contributed by atoms with Crippen LogP contribution in [0.15, 0.2) is 40.6 Å². The number of carbonyl (C=O) groups excluding carboxylic acids is 2. The van der Waals surface area contributed by atoms with Gasteiger partial charge in [-0.25, -0.2) is 9.59 Å². The fourth-order valence-corrected chi connectivity index (χ4v) is 12.8. The predicted octanol–water partition coefficient (Wildman–Crippen LogP) is 7.26. The number of carbonyl (C=O) groups is 2. The van der Waals surface area contributed by atoms with Gasteiger partial charge in [0.25, 0.3) is 8.32 Å². The topological polar surface area (TPSA) is 77.3 Å². The third-order valence-electron chi connectivity index (χ3n) is 4.83. The van der Waals surface area contributed by atoms with Gasteiger partial charge in [-0.05, 0) is 20.7 Å². The molecule has 0 atom stereocenters. The number of benzene rings is 1. The summed E-state index contributed by atoms with van der Waals surface area (Å²) in [5, 5.41) is 6.12. The summed E-state index contributed by atoms with van der Waals surface area (Å²) in [5.41, 5.74) is 0.827.